The van der Waals surface area contributed by atoms with Crippen LogP contribution in [-0.4, -0.2) is 29.1 Å². The second-order valence-corrected chi connectivity index (χ2v) is 6.50. The van der Waals surface area contributed by atoms with Crippen molar-refractivity contribution in [2.75, 3.05) is 5.32 Å². The largest absolute Gasteiger partial charge is 0.478 e. The number of aryl methyl sites for hydroxylation is 1. The molecule has 8 heteroatoms. The monoisotopic (exact) mass is 405 g/mol. The normalized spacial score (nSPS) is 10.7. The molecule has 0 fully saturated rings. The van der Waals surface area contributed by atoms with Gasteiger partial charge in [-0.3, -0.25) is 9.59 Å². The number of furan rings is 1. The fraction of sp³-hybridized carbons (Fsp3) is 0.0909. The molecule has 0 radical (unpaired) electrons. The third-order valence-corrected chi connectivity index (χ3v) is 4.18. The van der Waals surface area contributed by atoms with E-state index in [0.29, 0.717) is 28.3 Å². The number of rotatable bonds is 6. The van der Waals surface area contributed by atoms with Crippen molar-refractivity contribution in [3.63, 3.8) is 0 Å². The first-order valence-electron chi connectivity index (χ1n) is 8.98. The predicted molar refractivity (Wildman–Crippen MR) is 112 cm³/mol. The van der Waals surface area contributed by atoms with Gasteiger partial charge < -0.3 is 14.8 Å². The molecule has 0 aliphatic heterocycles. The lowest BCUT2D eigenvalue weighted by atomic mass is 10.0. The number of amides is 2. The van der Waals surface area contributed by atoms with Crippen LogP contribution in [0.2, 0.25) is 0 Å². The Bertz CT molecular complexity index is 1150. The van der Waals surface area contributed by atoms with E-state index in [4.69, 9.17) is 9.52 Å². The fourth-order valence-corrected chi connectivity index (χ4v) is 2.75. The van der Waals surface area contributed by atoms with Gasteiger partial charge in [-0.15, -0.1) is 0 Å². The average Bonchev–Trinajstić information content (AvgIpc) is 3.16. The van der Waals surface area contributed by atoms with Crippen LogP contribution in [0, 0.1) is 6.92 Å². The maximum Gasteiger partial charge on any atom is 0.335 e. The Kier molecular flexibility index (Phi) is 6.07. The van der Waals surface area contributed by atoms with Gasteiger partial charge in [0, 0.05) is 23.7 Å². The van der Waals surface area contributed by atoms with Crippen LogP contribution in [-0.2, 0) is 4.79 Å². The smallest absolute Gasteiger partial charge is 0.335 e. The molecule has 1 aromatic heterocycles. The van der Waals surface area contributed by atoms with Gasteiger partial charge in [-0.1, -0.05) is 12.1 Å². The number of hydrogen-bond donors (Lipinski definition) is 3. The minimum absolute atomic E-state index is 0.163. The lowest BCUT2D eigenvalue weighted by molar-refractivity contribution is -0.114. The topological polar surface area (TPSA) is 121 Å². The third kappa shape index (κ3) is 4.99. The molecule has 2 aromatic carbocycles. The van der Waals surface area contributed by atoms with Gasteiger partial charge >= 0.3 is 5.97 Å². The molecule has 3 rings (SSSR count). The van der Waals surface area contributed by atoms with Gasteiger partial charge in [0.2, 0.25) is 5.91 Å². The number of carbonyl (C=O) groups is 3. The van der Waals surface area contributed by atoms with Crippen molar-refractivity contribution in [1.82, 2.24) is 5.43 Å². The summed E-state index contributed by atoms with van der Waals surface area (Å²) < 4.78 is 5.69. The number of benzene rings is 2. The van der Waals surface area contributed by atoms with E-state index in [1.165, 1.54) is 25.3 Å². The van der Waals surface area contributed by atoms with Gasteiger partial charge in [0.25, 0.3) is 5.91 Å². The maximum absolute atomic E-state index is 12.2. The molecule has 1 heterocycles. The van der Waals surface area contributed by atoms with E-state index in [1.54, 1.807) is 42.5 Å². The lowest BCUT2D eigenvalue weighted by Gasteiger charge is -2.04. The number of nitrogens with zero attached hydrogens (tertiary/aromatic N) is 1. The second kappa shape index (κ2) is 8.87. The summed E-state index contributed by atoms with van der Waals surface area (Å²) in [6, 6.07) is 14.6. The molecule has 3 aromatic rings. The molecule has 0 aliphatic carbocycles. The van der Waals surface area contributed by atoms with E-state index in [-0.39, 0.29) is 11.5 Å². The molecule has 152 valence electrons. The maximum atomic E-state index is 12.2. The van der Waals surface area contributed by atoms with Crippen molar-refractivity contribution >= 4 is 29.7 Å². The van der Waals surface area contributed by atoms with E-state index in [2.05, 4.69) is 15.8 Å². The van der Waals surface area contributed by atoms with Crippen LogP contribution in [0.15, 0.2) is 64.1 Å². The molecule has 0 spiro atoms. The zero-order chi connectivity index (χ0) is 21.7. The quantitative estimate of drug-likeness (QED) is 0.427. The average molecular weight is 405 g/mol. The summed E-state index contributed by atoms with van der Waals surface area (Å²) in [6.45, 7) is 3.24. The Balaban J connectivity index is 1.69. The number of anilines is 1. The Morgan fingerprint density at radius 3 is 2.57 bits per heavy atom. The Labute approximate surface area is 172 Å². The standard InChI is InChI=1S/C22H19N3O5/c1-13-6-7-16(22(28)29)11-19(13)20-9-8-18(30-20)12-23-25-21(27)15-4-3-5-17(10-15)24-14(2)26/h3-12H,1-2H3,(H,24,26)(H,25,27)(H,28,29)/b23-12-. The van der Waals surface area contributed by atoms with Crippen molar-refractivity contribution < 1.29 is 23.9 Å². The van der Waals surface area contributed by atoms with Gasteiger partial charge in [-0.05, 0) is 55.0 Å². The van der Waals surface area contributed by atoms with Crippen molar-refractivity contribution in [3.8, 4) is 11.3 Å². The van der Waals surface area contributed by atoms with Crippen molar-refractivity contribution in [2.24, 2.45) is 5.10 Å². The van der Waals surface area contributed by atoms with Crippen LogP contribution in [0.4, 0.5) is 5.69 Å². The predicted octanol–water partition coefficient (Wildman–Crippen LogP) is 3.68. The van der Waals surface area contributed by atoms with Gasteiger partial charge in [0.1, 0.15) is 11.5 Å². The van der Waals surface area contributed by atoms with E-state index in [1.807, 2.05) is 6.92 Å². The summed E-state index contributed by atoms with van der Waals surface area (Å²) >= 11 is 0. The Morgan fingerprint density at radius 1 is 1.03 bits per heavy atom. The SMILES string of the molecule is CC(=O)Nc1cccc(C(=O)N/N=C\c2ccc(-c3cc(C(=O)O)ccc3C)o2)c1. The summed E-state index contributed by atoms with van der Waals surface area (Å²) in [5.74, 6) is -0.822. The molecule has 2 amide bonds. The zero-order valence-corrected chi connectivity index (χ0v) is 16.3. The molecule has 0 saturated heterocycles. The van der Waals surface area contributed by atoms with Crippen LogP contribution in [0.1, 0.15) is 39.0 Å². The van der Waals surface area contributed by atoms with Crippen LogP contribution >= 0.6 is 0 Å². The number of hydrazone groups is 1. The van der Waals surface area contributed by atoms with Crippen LogP contribution in [0.3, 0.4) is 0 Å². The molecular weight excluding hydrogens is 386 g/mol. The second-order valence-electron chi connectivity index (χ2n) is 6.50. The van der Waals surface area contributed by atoms with Gasteiger partial charge in [0.05, 0.1) is 11.8 Å². The first kappa shape index (κ1) is 20.5. The molecule has 0 saturated carbocycles. The number of carboxylic acid groups (broad SMARTS) is 1. The number of carboxylic acids is 1. The fourth-order valence-electron chi connectivity index (χ4n) is 2.75. The van der Waals surface area contributed by atoms with Crippen molar-refractivity contribution in [3.05, 3.63) is 77.0 Å². The zero-order valence-electron chi connectivity index (χ0n) is 16.3. The molecule has 0 unspecified atom stereocenters. The third-order valence-electron chi connectivity index (χ3n) is 4.18. The highest BCUT2D eigenvalue weighted by atomic mass is 16.4. The molecule has 0 bridgehead atoms. The minimum Gasteiger partial charge on any atom is -0.478 e. The highest BCUT2D eigenvalue weighted by Gasteiger charge is 2.11. The number of nitrogens with one attached hydrogen (secondary N) is 2. The molecule has 0 atom stereocenters. The molecule has 30 heavy (non-hydrogen) atoms. The first-order valence-corrected chi connectivity index (χ1v) is 8.98. The van der Waals surface area contributed by atoms with E-state index in [9.17, 15) is 14.4 Å². The van der Waals surface area contributed by atoms with Crippen LogP contribution < -0.4 is 10.7 Å². The molecule has 0 aliphatic rings. The van der Waals surface area contributed by atoms with Gasteiger partial charge in [-0.25, -0.2) is 10.2 Å². The molecule has 8 nitrogen and oxygen atoms in total. The summed E-state index contributed by atoms with van der Waals surface area (Å²) in [5, 5.41) is 15.7. The highest BCUT2D eigenvalue weighted by molar-refractivity contribution is 5.97. The minimum atomic E-state index is -1.02. The lowest BCUT2D eigenvalue weighted by Crippen LogP contribution is -2.18. The number of hydrogen-bond acceptors (Lipinski definition) is 5. The summed E-state index contributed by atoms with van der Waals surface area (Å²) in [7, 11) is 0. The van der Waals surface area contributed by atoms with Crippen molar-refractivity contribution in [2.45, 2.75) is 13.8 Å². The summed E-state index contributed by atoms with van der Waals surface area (Å²) in [4.78, 5) is 34.5. The van der Waals surface area contributed by atoms with E-state index < -0.39 is 11.9 Å². The van der Waals surface area contributed by atoms with E-state index >= 15 is 0 Å². The van der Waals surface area contributed by atoms with Crippen LogP contribution in [0.5, 0.6) is 0 Å². The summed E-state index contributed by atoms with van der Waals surface area (Å²) in [5.41, 5.74) is 4.92. The Hall–Kier alpha value is -4.20. The Morgan fingerprint density at radius 2 is 1.83 bits per heavy atom. The highest BCUT2D eigenvalue weighted by Crippen LogP contribution is 2.26. The molecule has 3 N–H and O–H groups in total. The van der Waals surface area contributed by atoms with Crippen molar-refractivity contribution in [1.29, 1.82) is 0 Å². The number of carbonyl (C=O) groups excluding carboxylic acids is 2. The first-order chi connectivity index (χ1) is 14.3. The van der Waals surface area contributed by atoms with Gasteiger partial charge in [-0.2, -0.15) is 5.10 Å². The molecular formula is C22H19N3O5. The van der Waals surface area contributed by atoms with Gasteiger partial charge in [0.15, 0.2) is 0 Å². The number of aromatic carboxylic acids is 1. The summed E-state index contributed by atoms with van der Waals surface area (Å²) in [6.07, 6.45) is 1.34. The van der Waals surface area contributed by atoms with E-state index in [0.717, 1.165) is 5.56 Å². The van der Waals surface area contributed by atoms with Crippen LogP contribution in [0.25, 0.3) is 11.3 Å².